The lowest BCUT2D eigenvalue weighted by Crippen LogP contribution is -2.10. The van der Waals surface area contributed by atoms with Crippen LogP contribution in [0.2, 0.25) is 0 Å². The average Bonchev–Trinajstić information content (AvgIpc) is 3.35. The number of hydrogen-bond donors (Lipinski definition) is 0. The fourth-order valence-electron chi connectivity index (χ4n) is 5.55. The Bertz CT molecular complexity index is 2170. The Kier molecular flexibility index (Phi) is 3.70. The zero-order chi connectivity index (χ0) is 29.6. The molecule has 0 unspecified atom stereocenters. The first-order valence-electron chi connectivity index (χ1n) is 15.1. The Morgan fingerprint density at radius 3 is 2.03 bits per heavy atom. The highest BCUT2D eigenvalue weighted by Crippen LogP contribution is 2.43. The lowest BCUT2D eigenvalue weighted by molar-refractivity contribution is 0.410. The molecule has 0 N–H and O–H groups in total. The fourth-order valence-corrected chi connectivity index (χ4v) is 5.55. The molecule has 5 aromatic carbocycles. The van der Waals surface area contributed by atoms with Gasteiger partial charge in [0.2, 0.25) is 0 Å². The molecule has 7 rings (SSSR count). The maximum absolute atomic E-state index is 8.95. The van der Waals surface area contributed by atoms with Gasteiger partial charge in [-0.1, -0.05) is 87.5 Å². The summed E-state index contributed by atoms with van der Waals surface area (Å²) in [5, 5.41) is 8.66. The van der Waals surface area contributed by atoms with Crippen LogP contribution in [0, 0.1) is 12.3 Å². The SMILES string of the molecule is [2H]C([2H])([2H])c1cnc(-c2cccc3c2oc2c3ccc3c4ccccc4c4ccccc4c32)cc1C([2H])([2H])C(C)(C)C. The molecule has 180 valence electrons. The van der Waals surface area contributed by atoms with Crippen LogP contribution in [0.25, 0.3) is 65.5 Å². The number of rotatable bonds is 2. The Morgan fingerprint density at radius 2 is 1.32 bits per heavy atom. The molecule has 0 saturated heterocycles. The van der Waals surface area contributed by atoms with E-state index in [9.17, 15) is 0 Å². The monoisotopic (exact) mass is 484 g/mol. The summed E-state index contributed by atoms with van der Waals surface area (Å²) < 4.78 is 48.9. The number of pyridine rings is 1. The molecule has 0 spiro atoms. The van der Waals surface area contributed by atoms with Gasteiger partial charge in [0.05, 0.1) is 5.69 Å². The topological polar surface area (TPSA) is 26.0 Å². The number of hydrogen-bond acceptors (Lipinski definition) is 2. The standard InChI is InChI=1S/C35H29NO/c1-21-20-36-31(18-22(21)19-35(2,3)4)30-15-9-14-28-29-17-16-27-25-12-6-5-10-23(25)24-11-7-8-13-26(24)32(27)34(29)37-33(28)30/h5-18,20H,19H2,1-4H3/i1D3,19D2. The van der Waals surface area contributed by atoms with Gasteiger partial charge in [0, 0.05) is 34.8 Å². The van der Waals surface area contributed by atoms with E-state index in [4.69, 9.17) is 11.3 Å². The minimum atomic E-state index is -2.51. The van der Waals surface area contributed by atoms with E-state index in [1.165, 1.54) is 11.6 Å². The van der Waals surface area contributed by atoms with Crippen LogP contribution in [0.1, 0.15) is 38.8 Å². The molecule has 0 saturated carbocycles. The summed E-state index contributed by atoms with van der Waals surface area (Å²) in [6, 6.07) is 28.5. The number of furan rings is 1. The Balaban J connectivity index is 1.56. The maximum atomic E-state index is 8.95. The molecule has 0 aliphatic rings. The van der Waals surface area contributed by atoms with Gasteiger partial charge in [-0.25, -0.2) is 0 Å². The van der Waals surface area contributed by atoms with E-state index in [0.717, 1.165) is 43.3 Å². The van der Waals surface area contributed by atoms with Crippen LogP contribution in [-0.4, -0.2) is 4.98 Å². The first-order chi connectivity index (χ1) is 19.9. The van der Waals surface area contributed by atoms with Crippen molar-refractivity contribution in [1.82, 2.24) is 4.98 Å². The van der Waals surface area contributed by atoms with E-state index >= 15 is 0 Å². The Morgan fingerprint density at radius 1 is 0.730 bits per heavy atom. The minimum Gasteiger partial charge on any atom is -0.455 e. The molecule has 0 atom stereocenters. The van der Waals surface area contributed by atoms with E-state index in [-0.39, 0.29) is 11.1 Å². The number of aromatic nitrogens is 1. The van der Waals surface area contributed by atoms with Crippen LogP contribution in [0.3, 0.4) is 0 Å². The molecular formula is C35H29NO. The predicted octanol–water partition coefficient (Wildman–Crippen LogP) is 10.0. The highest BCUT2D eigenvalue weighted by atomic mass is 16.3. The fraction of sp³-hybridized carbons (Fsp3) is 0.171. The van der Waals surface area contributed by atoms with Crippen molar-refractivity contribution in [3.8, 4) is 11.3 Å². The van der Waals surface area contributed by atoms with Gasteiger partial charge >= 0.3 is 0 Å². The molecule has 2 nitrogen and oxygen atoms in total. The van der Waals surface area contributed by atoms with Gasteiger partial charge < -0.3 is 4.42 Å². The summed E-state index contributed by atoms with van der Waals surface area (Å²) in [5.74, 6) is 0. The first kappa shape index (κ1) is 17.3. The molecule has 0 aliphatic carbocycles. The molecule has 0 amide bonds. The van der Waals surface area contributed by atoms with Crippen LogP contribution in [0.4, 0.5) is 0 Å². The van der Waals surface area contributed by atoms with Crippen molar-refractivity contribution in [2.24, 2.45) is 5.41 Å². The minimum absolute atomic E-state index is 0.0766. The Hall–Kier alpha value is -4.17. The van der Waals surface area contributed by atoms with E-state index in [1.54, 1.807) is 26.8 Å². The van der Waals surface area contributed by atoms with Crippen molar-refractivity contribution < 1.29 is 11.3 Å². The van der Waals surface area contributed by atoms with Gasteiger partial charge in [0.15, 0.2) is 0 Å². The van der Waals surface area contributed by atoms with Gasteiger partial charge in [-0.3, -0.25) is 4.98 Å². The number of benzene rings is 5. The summed E-state index contributed by atoms with van der Waals surface area (Å²) in [4.78, 5) is 4.56. The van der Waals surface area contributed by atoms with Crippen molar-refractivity contribution in [3.05, 3.63) is 102 Å². The zero-order valence-electron chi connectivity index (χ0n) is 26.0. The van der Waals surface area contributed by atoms with Crippen molar-refractivity contribution in [1.29, 1.82) is 0 Å². The van der Waals surface area contributed by atoms with Crippen molar-refractivity contribution in [3.63, 3.8) is 0 Å². The van der Waals surface area contributed by atoms with Crippen LogP contribution in [0.15, 0.2) is 95.5 Å². The van der Waals surface area contributed by atoms with Gasteiger partial charge in [0.25, 0.3) is 0 Å². The molecule has 37 heavy (non-hydrogen) atoms. The number of nitrogens with zero attached hydrogens (tertiary/aromatic N) is 1. The van der Waals surface area contributed by atoms with Crippen molar-refractivity contribution >= 4 is 54.3 Å². The van der Waals surface area contributed by atoms with E-state index in [1.807, 2.05) is 24.3 Å². The number of para-hydroxylation sites is 1. The van der Waals surface area contributed by atoms with Crippen LogP contribution in [-0.2, 0) is 6.37 Å². The van der Waals surface area contributed by atoms with Gasteiger partial charge in [-0.2, -0.15) is 0 Å². The maximum Gasteiger partial charge on any atom is 0.144 e. The average molecular weight is 485 g/mol. The normalized spacial score (nSPS) is 15.2. The van der Waals surface area contributed by atoms with Crippen LogP contribution >= 0.6 is 0 Å². The molecule has 2 heterocycles. The third-order valence-electron chi connectivity index (χ3n) is 7.06. The van der Waals surface area contributed by atoms with E-state index < -0.39 is 18.6 Å². The molecule has 7 aromatic rings. The lowest BCUT2D eigenvalue weighted by Gasteiger charge is -2.20. The van der Waals surface area contributed by atoms with E-state index in [0.29, 0.717) is 16.8 Å². The zero-order valence-corrected chi connectivity index (χ0v) is 21.0. The largest absolute Gasteiger partial charge is 0.455 e. The van der Waals surface area contributed by atoms with Crippen LogP contribution in [0.5, 0.6) is 0 Å². The van der Waals surface area contributed by atoms with Crippen molar-refractivity contribution in [2.75, 3.05) is 0 Å². The highest BCUT2D eigenvalue weighted by Gasteiger charge is 2.19. The number of fused-ring (bicyclic) bond motifs is 10. The summed E-state index contributed by atoms with van der Waals surface area (Å²) in [6.45, 7) is 2.81. The molecule has 0 radical (unpaired) electrons. The molecule has 0 fully saturated rings. The third kappa shape index (κ3) is 3.43. The second kappa shape index (κ2) is 7.91. The quantitative estimate of drug-likeness (QED) is 0.228. The predicted molar refractivity (Wildman–Crippen MR) is 157 cm³/mol. The molecular weight excluding hydrogens is 450 g/mol. The van der Waals surface area contributed by atoms with E-state index in [2.05, 4.69) is 59.6 Å². The van der Waals surface area contributed by atoms with Gasteiger partial charge in [-0.15, -0.1) is 0 Å². The number of aryl methyl sites for hydroxylation is 1. The molecule has 0 aliphatic heterocycles. The third-order valence-corrected chi connectivity index (χ3v) is 7.06. The molecule has 2 aromatic heterocycles. The highest BCUT2D eigenvalue weighted by molar-refractivity contribution is 6.32. The summed E-state index contributed by atoms with van der Waals surface area (Å²) in [7, 11) is 0. The summed E-state index contributed by atoms with van der Waals surface area (Å²) >= 11 is 0. The van der Waals surface area contributed by atoms with Crippen LogP contribution < -0.4 is 0 Å². The lowest BCUT2D eigenvalue weighted by atomic mass is 9.86. The van der Waals surface area contributed by atoms with Crippen molar-refractivity contribution in [2.45, 2.75) is 34.0 Å². The molecule has 2 heteroatoms. The summed E-state index contributed by atoms with van der Waals surface area (Å²) in [6.07, 6.45) is -0.621. The molecule has 0 bridgehead atoms. The second-order valence-corrected chi connectivity index (χ2v) is 10.7. The first-order valence-corrected chi connectivity index (χ1v) is 12.6. The Labute approximate surface area is 223 Å². The second-order valence-electron chi connectivity index (χ2n) is 10.7. The van der Waals surface area contributed by atoms with Gasteiger partial charge in [-0.05, 0) is 74.9 Å². The summed E-state index contributed by atoms with van der Waals surface area (Å²) in [5.41, 5.74) is 1.76. The smallest absolute Gasteiger partial charge is 0.144 e. The van der Waals surface area contributed by atoms with Gasteiger partial charge in [0.1, 0.15) is 11.2 Å².